The smallest absolute Gasteiger partial charge is 0.306 e. The minimum atomic E-state index is -0.951. The highest BCUT2D eigenvalue weighted by Crippen LogP contribution is 2.63. The number of carboxylic acid groups (broad SMARTS) is 1. The number of aliphatic carboxylic acids is 1. The van der Waals surface area contributed by atoms with Crippen molar-refractivity contribution in [3.05, 3.63) is 11.6 Å². The molecule has 27 heavy (non-hydrogen) atoms. The molecule has 3 aliphatic carbocycles. The first kappa shape index (κ1) is 21.1. The summed E-state index contributed by atoms with van der Waals surface area (Å²) in [6.07, 6.45) is 10.7. The molecule has 0 spiro atoms. The van der Waals surface area contributed by atoms with Crippen molar-refractivity contribution in [2.45, 2.75) is 82.0 Å². The molecular weight excluding hydrogens is 455 g/mol. The van der Waals surface area contributed by atoms with Crippen LogP contribution in [0.3, 0.4) is 0 Å². The molecule has 5 atom stereocenters. The molecule has 2 saturated carbocycles. The Balaban J connectivity index is 1.73. The first-order valence-electron chi connectivity index (χ1n) is 10.3. The Labute approximate surface area is 176 Å². The number of carbonyl (C=O) groups is 2. The molecule has 0 aliphatic heterocycles. The number of halogens is 1. The summed E-state index contributed by atoms with van der Waals surface area (Å²) < 4.78 is 5.96. The Morgan fingerprint density at radius 3 is 2.67 bits per heavy atom. The summed E-state index contributed by atoms with van der Waals surface area (Å²) >= 11 is 2.63. The molecule has 2 unspecified atom stereocenters. The molecule has 0 aromatic rings. The molecule has 0 aromatic carbocycles. The minimum absolute atomic E-state index is 0.0111. The summed E-state index contributed by atoms with van der Waals surface area (Å²) in [6.45, 7) is 7.53. The van der Waals surface area contributed by atoms with E-state index in [9.17, 15) is 9.59 Å². The highest BCUT2D eigenvalue weighted by Gasteiger charge is 2.55. The van der Waals surface area contributed by atoms with Gasteiger partial charge < -0.3 is 9.84 Å². The molecule has 0 heterocycles. The van der Waals surface area contributed by atoms with Crippen molar-refractivity contribution in [2.24, 2.45) is 22.7 Å². The van der Waals surface area contributed by atoms with Crippen molar-refractivity contribution in [1.29, 1.82) is 0 Å². The molecule has 0 saturated heterocycles. The Bertz CT molecular complexity index is 640. The van der Waals surface area contributed by atoms with Crippen LogP contribution < -0.4 is 0 Å². The molecule has 1 N–H and O–H groups in total. The highest BCUT2D eigenvalue weighted by molar-refractivity contribution is 14.1. The van der Waals surface area contributed by atoms with Crippen molar-refractivity contribution >= 4 is 34.5 Å². The van der Waals surface area contributed by atoms with E-state index in [1.165, 1.54) is 32.1 Å². The van der Waals surface area contributed by atoms with Gasteiger partial charge in [-0.1, -0.05) is 61.4 Å². The van der Waals surface area contributed by atoms with Gasteiger partial charge in [0.05, 0.1) is 19.4 Å². The van der Waals surface area contributed by atoms with E-state index in [0.29, 0.717) is 21.9 Å². The van der Waals surface area contributed by atoms with Gasteiger partial charge in [-0.05, 0) is 55.8 Å². The summed E-state index contributed by atoms with van der Waals surface area (Å²) in [5.41, 5.74) is 1.88. The number of hydrogen-bond donors (Lipinski definition) is 1. The number of rotatable bonds is 5. The predicted octanol–water partition coefficient (Wildman–Crippen LogP) is 5.53. The third kappa shape index (κ3) is 4.38. The van der Waals surface area contributed by atoms with Gasteiger partial charge in [-0.2, -0.15) is 0 Å². The zero-order valence-electron chi connectivity index (χ0n) is 16.9. The van der Waals surface area contributed by atoms with Gasteiger partial charge in [0.2, 0.25) is 0 Å². The molecule has 152 valence electrons. The molecule has 0 amide bonds. The fraction of sp³-hybridized carbons (Fsp3) is 0.818. The molecular formula is C22H33IO4. The van der Waals surface area contributed by atoms with Crippen molar-refractivity contribution < 1.29 is 19.4 Å². The van der Waals surface area contributed by atoms with Crippen molar-refractivity contribution in [3.8, 4) is 0 Å². The van der Waals surface area contributed by atoms with E-state index in [1.807, 2.05) is 0 Å². The fourth-order valence-electron chi connectivity index (χ4n) is 6.21. The van der Waals surface area contributed by atoms with Crippen molar-refractivity contribution in [3.63, 3.8) is 0 Å². The SMILES string of the molecule is C[C@]1(I)CC=C2C(CCC3[C@](C)(COC(=O)CCC(=O)O)CCC[C@@]23C)C1. The second-order valence-corrected chi connectivity index (χ2v) is 12.4. The van der Waals surface area contributed by atoms with Crippen LogP contribution in [0.25, 0.3) is 0 Å². The number of fused-ring (bicyclic) bond motifs is 3. The topological polar surface area (TPSA) is 63.6 Å². The third-order valence-corrected chi connectivity index (χ3v) is 8.36. The van der Waals surface area contributed by atoms with Gasteiger partial charge in [0.15, 0.2) is 0 Å². The summed E-state index contributed by atoms with van der Waals surface area (Å²) in [5.74, 6) is -0.0835. The maximum Gasteiger partial charge on any atom is 0.306 e. The van der Waals surface area contributed by atoms with Crippen LogP contribution in [0, 0.1) is 22.7 Å². The van der Waals surface area contributed by atoms with Gasteiger partial charge in [-0.25, -0.2) is 0 Å². The molecule has 3 rings (SSSR count). The maximum atomic E-state index is 12.0. The number of hydrogen-bond acceptors (Lipinski definition) is 3. The average Bonchev–Trinajstić information content (AvgIpc) is 2.57. The van der Waals surface area contributed by atoms with E-state index in [1.54, 1.807) is 5.57 Å². The molecule has 3 aliphatic rings. The quantitative estimate of drug-likeness (QED) is 0.239. The van der Waals surface area contributed by atoms with E-state index >= 15 is 0 Å². The number of alkyl halides is 1. The first-order chi connectivity index (χ1) is 12.6. The first-order valence-corrected chi connectivity index (χ1v) is 11.4. The molecule has 0 aromatic heterocycles. The standard InChI is InChI=1S/C22H33IO4/c1-20(14-27-19(26)8-7-18(24)25)10-4-11-22(3)16-9-12-21(2,23)13-15(16)5-6-17(20)22/h9,15,17H,4-8,10-14H2,1-3H3,(H,24,25)/t15?,17?,20-,21-,22-/m0/s1. The average molecular weight is 488 g/mol. The van der Waals surface area contributed by atoms with Gasteiger partial charge in [0, 0.05) is 8.84 Å². The normalized spacial score (nSPS) is 41.1. The van der Waals surface area contributed by atoms with Crippen molar-refractivity contribution in [2.75, 3.05) is 6.61 Å². The number of carbonyl (C=O) groups excluding carboxylic acids is 1. The summed E-state index contributed by atoms with van der Waals surface area (Å²) in [5, 5.41) is 8.75. The second-order valence-electron chi connectivity index (χ2n) is 9.79. The lowest BCUT2D eigenvalue weighted by Crippen LogP contribution is -2.51. The molecule has 2 fully saturated rings. The number of allylic oxidation sites excluding steroid dienone is 2. The van der Waals surface area contributed by atoms with E-state index in [4.69, 9.17) is 9.84 Å². The monoisotopic (exact) mass is 488 g/mol. The van der Waals surface area contributed by atoms with Crippen LogP contribution in [-0.2, 0) is 14.3 Å². The maximum absolute atomic E-state index is 12.0. The summed E-state index contributed by atoms with van der Waals surface area (Å²) in [7, 11) is 0. The zero-order valence-corrected chi connectivity index (χ0v) is 19.0. The lowest BCUT2D eigenvalue weighted by atomic mass is 9.47. The van der Waals surface area contributed by atoms with Crippen LogP contribution in [0.5, 0.6) is 0 Å². The van der Waals surface area contributed by atoms with Crippen LogP contribution in [0.1, 0.15) is 78.6 Å². The van der Waals surface area contributed by atoms with Gasteiger partial charge >= 0.3 is 11.9 Å². The second kappa shape index (κ2) is 7.68. The predicted molar refractivity (Wildman–Crippen MR) is 114 cm³/mol. The molecule has 5 heteroatoms. The number of carboxylic acids is 1. The van der Waals surface area contributed by atoms with Crippen LogP contribution in [0.2, 0.25) is 0 Å². The lowest BCUT2D eigenvalue weighted by Gasteiger charge is -2.59. The Morgan fingerprint density at radius 1 is 1.22 bits per heavy atom. The van der Waals surface area contributed by atoms with Crippen molar-refractivity contribution in [1.82, 2.24) is 0 Å². The Kier molecular flexibility index (Phi) is 6.01. The molecule has 0 bridgehead atoms. The minimum Gasteiger partial charge on any atom is -0.481 e. The largest absolute Gasteiger partial charge is 0.481 e. The van der Waals surface area contributed by atoms with Gasteiger partial charge in [0.25, 0.3) is 0 Å². The van der Waals surface area contributed by atoms with Crippen LogP contribution >= 0.6 is 22.6 Å². The van der Waals surface area contributed by atoms with E-state index < -0.39 is 5.97 Å². The van der Waals surface area contributed by atoms with Crippen LogP contribution in [0.4, 0.5) is 0 Å². The molecule has 0 radical (unpaired) electrons. The van der Waals surface area contributed by atoms with Gasteiger partial charge in [-0.15, -0.1) is 0 Å². The zero-order chi connectivity index (χ0) is 19.9. The van der Waals surface area contributed by atoms with Gasteiger partial charge in [0.1, 0.15) is 0 Å². The van der Waals surface area contributed by atoms with E-state index in [-0.39, 0.29) is 29.6 Å². The van der Waals surface area contributed by atoms with E-state index in [0.717, 1.165) is 12.8 Å². The highest BCUT2D eigenvalue weighted by atomic mass is 127. The number of esters is 1. The lowest BCUT2D eigenvalue weighted by molar-refractivity contribution is -0.155. The number of ether oxygens (including phenoxy) is 1. The Morgan fingerprint density at radius 2 is 1.96 bits per heavy atom. The fourth-order valence-corrected chi connectivity index (χ4v) is 6.96. The summed E-state index contributed by atoms with van der Waals surface area (Å²) in [6, 6.07) is 0. The van der Waals surface area contributed by atoms with Crippen LogP contribution in [0.15, 0.2) is 11.6 Å². The van der Waals surface area contributed by atoms with E-state index in [2.05, 4.69) is 49.4 Å². The Hall–Kier alpha value is -0.590. The van der Waals surface area contributed by atoms with Gasteiger partial charge in [-0.3, -0.25) is 9.59 Å². The third-order valence-electron chi connectivity index (χ3n) is 7.48. The van der Waals surface area contributed by atoms with Crippen LogP contribution in [-0.4, -0.2) is 27.1 Å². The molecule has 4 nitrogen and oxygen atoms in total. The summed E-state index contributed by atoms with van der Waals surface area (Å²) in [4.78, 5) is 22.6.